The fourth-order valence-corrected chi connectivity index (χ4v) is 2.54. The summed E-state index contributed by atoms with van der Waals surface area (Å²) >= 11 is 0. The van der Waals surface area contributed by atoms with Crippen molar-refractivity contribution in [3.8, 4) is 11.5 Å². The van der Waals surface area contributed by atoms with Gasteiger partial charge >= 0.3 is 0 Å². The van der Waals surface area contributed by atoms with E-state index in [1.807, 2.05) is 24.3 Å². The zero-order chi connectivity index (χ0) is 14.1. The quantitative estimate of drug-likeness (QED) is 0.883. The molecule has 0 radical (unpaired) electrons. The first-order valence-corrected chi connectivity index (χ1v) is 7.28. The van der Waals surface area contributed by atoms with Crippen LogP contribution in [0.4, 0.5) is 0 Å². The topological polar surface area (TPSA) is 21.3 Å². The van der Waals surface area contributed by atoms with Gasteiger partial charge in [0.05, 0.1) is 6.04 Å². The molecule has 0 saturated carbocycles. The van der Waals surface area contributed by atoms with Crippen LogP contribution in [0, 0.1) is 5.92 Å². The highest BCUT2D eigenvalue weighted by atomic mass is 16.5. The van der Waals surface area contributed by atoms with Crippen LogP contribution < -0.4 is 10.1 Å². The lowest BCUT2D eigenvalue weighted by Gasteiger charge is -2.32. The Bertz CT molecular complexity index is 560. The molecule has 0 aliphatic carbocycles. The normalized spacial score (nSPS) is 15.4. The molecule has 1 atom stereocenters. The van der Waals surface area contributed by atoms with Gasteiger partial charge in [-0.15, -0.1) is 0 Å². The summed E-state index contributed by atoms with van der Waals surface area (Å²) in [6, 6.07) is 17.2. The van der Waals surface area contributed by atoms with Gasteiger partial charge in [-0.25, -0.2) is 0 Å². The van der Waals surface area contributed by atoms with Crippen LogP contribution in [0.1, 0.15) is 37.9 Å². The number of hydrogen-bond donors (Lipinski definition) is 1. The number of ether oxygens (including phenoxy) is 1. The fourth-order valence-electron chi connectivity index (χ4n) is 2.54. The fraction of sp³-hybridized carbons (Fsp3) is 0.333. The van der Waals surface area contributed by atoms with E-state index >= 15 is 0 Å². The number of hydrogen-bond acceptors (Lipinski definition) is 2. The van der Waals surface area contributed by atoms with E-state index in [4.69, 9.17) is 4.74 Å². The number of rotatable bonds is 3. The lowest BCUT2D eigenvalue weighted by Crippen LogP contribution is -2.36. The maximum absolute atomic E-state index is 6.01. The molecule has 1 aliphatic rings. The van der Waals surface area contributed by atoms with Crippen molar-refractivity contribution in [1.82, 2.24) is 5.32 Å². The van der Waals surface area contributed by atoms with Crippen molar-refractivity contribution in [3.05, 3.63) is 59.7 Å². The number of para-hydroxylation sites is 2. The van der Waals surface area contributed by atoms with Crippen molar-refractivity contribution in [2.24, 2.45) is 5.92 Å². The van der Waals surface area contributed by atoms with Gasteiger partial charge in [0.25, 0.3) is 0 Å². The number of fused-ring (bicyclic) bond motifs is 2. The molecule has 3 rings (SSSR count). The molecule has 1 aliphatic heterocycles. The van der Waals surface area contributed by atoms with E-state index in [1.165, 1.54) is 11.1 Å². The van der Waals surface area contributed by atoms with Crippen LogP contribution >= 0.6 is 0 Å². The van der Waals surface area contributed by atoms with E-state index in [9.17, 15) is 0 Å². The maximum Gasteiger partial charge on any atom is 0.132 e. The maximum atomic E-state index is 6.01. The highest BCUT2D eigenvalue weighted by Crippen LogP contribution is 2.42. The standard InChI is InChI=1S/C18H21NO/c1-12(2)13(3)19-18-14-8-4-6-10-16(14)20-17-11-7-5-9-15(17)18/h4-13,18-19H,1-3H3. The van der Waals surface area contributed by atoms with Gasteiger partial charge in [-0.1, -0.05) is 50.2 Å². The summed E-state index contributed by atoms with van der Waals surface area (Å²) in [5.41, 5.74) is 2.44. The molecular formula is C18H21NO. The zero-order valence-electron chi connectivity index (χ0n) is 12.3. The van der Waals surface area contributed by atoms with Crippen LogP contribution in [0.15, 0.2) is 48.5 Å². The molecule has 2 aromatic rings. The van der Waals surface area contributed by atoms with E-state index in [2.05, 4.69) is 50.4 Å². The van der Waals surface area contributed by atoms with Crippen molar-refractivity contribution >= 4 is 0 Å². The van der Waals surface area contributed by atoms with E-state index < -0.39 is 0 Å². The van der Waals surface area contributed by atoms with Crippen molar-refractivity contribution in [3.63, 3.8) is 0 Å². The molecule has 2 aromatic carbocycles. The van der Waals surface area contributed by atoms with Crippen molar-refractivity contribution in [2.75, 3.05) is 0 Å². The Balaban J connectivity index is 2.03. The summed E-state index contributed by atoms with van der Waals surface area (Å²) in [5.74, 6) is 2.51. The number of benzene rings is 2. The first kappa shape index (κ1) is 13.2. The lowest BCUT2D eigenvalue weighted by atomic mass is 9.93. The Morgan fingerprint density at radius 3 is 1.85 bits per heavy atom. The molecule has 0 aromatic heterocycles. The number of nitrogens with one attached hydrogen (secondary N) is 1. The monoisotopic (exact) mass is 267 g/mol. The summed E-state index contributed by atoms with van der Waals surface area (Å²) in [6.45, 7) is 6.73. The smallest absolute Gasteiger partial charge is 0.132 e. The molecule has 2 heteroatoms. The van der Waals surface area contributed by atoms with Crippen LogP contribution in [-0.4, -0.2) is 6.04 Å². The van der Waals surface area contributed by atoms with Crippen molar-refractivity contribution in [2.45, 2.75) is 32.9 Å². The minimum atomic E-state index is 0.202. The molecular weight excluding hydrogens is 246 g/mol. The van der Waals surface area contributed by atoms with Gasteiger partial charge in [-0.2, -0.15) is 0 Å². The highest BCUT2D eigenvalue weighted by Gasteiger charge is 2.27. The minimum Gasteiger partial charge on any atom is -0.457 e. The zero-order valence-corrected chi connectivity index (χ0v) is 12.3. The first-order chi connectivity index (χ1) is 9.66. The Morgan fingerprint density at radius 2 is 1.35 bits per heavy atom. The van der Waals surface area contributed by atoms with E-state index in [0.29, 0.717) is 12.0 Å². The third-order valence-corrected chi connectivity index (χ3v) is 4.11. The van der Waals surface area contributed by atoms with Gasteiger partial charge in [0.15, 0.2) is 0 Å². The average molecular weight is 267 g/mol. The summed E-state index contributed by atoms with van der Waals surface area (Å²) in [7, 11) is 0. The van der Waals surface area contributed by atoms with Crippen LogP contribution in [0.2, 0.25) is 0 Å². The van der Waals surface area contributed by atoms with Crippen LogP contribution in [0.25, 0.3) is 0 Å². The average Bonchev–Trinajstić information content (AvgIpc) is 2.46. The summed E-state index contributed by atoms with van der Waals surface area (Å²) in [4.78, 5) is 0. The van der Waals surface area contributed by atoms with E-state index in [-0.39, 0.29) is 6.04 Å². The van der Waals surface area contributed by atoms with Crippen molar-refractivity contribution < 1.29 is 4.74 Å². The van der Waals surface area contributed by atoms with Crippen LogP contribution in [0.5, 0.6) is 11.5 Å². The second-order valence-electron chi connectivity index (χ2n) is 5.81. The van der Waals surface area contributed by atoms with Crippen LogP contribution in [0.3, 0.4) is 0 Å². The minimum absolute atomic E-state index is 0.202. The van der Waals surface area contributed by atoms with Gasteiger partial charge in [0, 0.05) is 17.2 Å². The largest absolute Gasteiger partial charge is 0.457 e. The van der Waals surface area contributed by atoms with Crippen molar-refractivity contribution in [1.29, 1.82) is 0 Å². The molecule has 0 saturated heterocycles. The summed E-state index contributed by atoms with van der Waals surface area (Å²) < 4.78 is 6.01. The third kappa shape index (κ3) is 2.32. The molecule has 1 N–H and O–H groups in total. The molecule has 0 amide bonds. The second-order valence-corrected chi connectivity index (χ2v) is 5.81. The second kappa shape index (κ2) is 5.29. The SMILES string of the molecule is CC(C)C(C)NC1c2ccccc2Oc2ccccc21. The Morgan fingerprint density at radius 1 is 0.850 bits per heavy atom. The molecule has 0 bridgehead atoms. The van der Waals surface area contributed by atoms with Gasteiger partial charge in [-0.3, -0.25) is 0 Å². The first-order valence-electron chi connectivity index (χ1n) is 7.28. The molecule has 2 nitrogen and oxygen atoms in total. The molecule has 104 valence electrons. The Kier molecular flexibility index (Phi) is 3.49. The van der Waals surface area contributed by atoms with Gasteiger partial charge in [-0.05, 0) is 25.0 Å². The Hall–Kier alpha value is -1.80. The van der Waals surface area contributed by atoms with E-state index in [0.717, 1.165) is 11.5 Å². The van der Waals surface area contributed by atoms with E-state index in [1.54, 1.807) is 0 Å². The molecule has 0 fully saturated rings. The molecule has 0 spiro atoms. The predicted molar refractivity (Wildman–Crippen MR) is 82.2 cm³/mol. The Labute approximate surface area is 120 Å². The lowest BCUT2D eigenvalue weighted by molar-refractivity contribution is 0.369. The molecule has 1 unspecified atom stereocenters. The predicted octanol–water partition coefficient (Wildman–Crippen LogP) is 4.52. The van der Waals surface area contributed by atoms with Gasteiger partial charge < -0.3 is 10.1 Å². The highest BCUT2D eigenvalue weighted by molar-refractivity contribution is 5.52. The molecule has 1 heterocycles. The third-order valence-electron chi connectivity index (χ3n) is 4.11. The van der Waals surface area contributed by atoms with Crippen LogP contribution in [-0.2, 0) is 0 Å². The van der Waals surface area contributed by atoms with Gasteiger partial charge in [0.1, 0.15) is 11.5 Å². The molecule has 20 heavy (non-hydrogen) atoms. The van der Waals surface area contributed by atoms with Gasteiger partial charge in [0.2, 0.25) is 0 Å². The summed E-state index contributed by atoms with van der Waals surface area (Å²) in [6.07, 6.45) is 0. The summed E-state index contributed by atoms with van der Waals surface area (Å²) in [5, 5.41) is 3.75.